The van der Waals surface area contributed by atoms with E-state index in [4.69, 9.17) is 32.7 Å². The summed E-state index contributed by atoms with van der Waals surface area (Å²) in [6.45, 7) is 0.716. The van der Waals surface area contributed by atoms with Gasteiger partial charge in [-0.05, 0) is 30.3 Å². The van der Waals surface area contributed by atoms with Gasteiger partial charge in [-0.15, -0.1) is 0 Å². The minimum absolute atomic E-state index is 0.0465. The van der Waals surface area contributed by atoms with E-state index < -0.39 is 22.5 Å². The van der Waals surface area contributed by atoms with Crippen molar-refractivity contribution in [3.05, 3.63) is 52.5 Å². The van der Waals surface area contributed by atoms with Crippen molar-refractivity contribution >= 4 is 44.8 Å². The van der Waals surface area contributed by atoms with E-state index in [2.05, 4.69) is 5.32 Å². The van der Waals surface area contributed by atoms with Crippen molar-refractivity contribution in [2.24, 2.45) is 0 Å². The lowest BCUT2D eigenvalue weighted by Crippen LogP contribution is -2.40. The molecule has 1 N–H and O–H groups in total. The van der Waals surface area contributed by atoms with Crippen LogP contribution in [0.3, 0.4) is 0 Å². The minimum atomic E-state index is -3.84. The van der Waals surface area contributed by atoms with Gasteiger partial charge in [-0.1, -0.05) is 35.3 Å². The van der Waals surface area contributed by atoms with Crippen LogP contribution in [0.5, 0.6) is 5.75 Å². The summed E-state index contributed by atoms with van der Waals surface area (Å²) in [5, 5.41) is 3.25. The normalized spacial score (nSPS) is 15.2. The molecule has 1 aliphatic rings. The number of anilines is 1. The molecule has 2 aromatic carbocycles. The molecular formula is C18H18Cl2N2O5S. The van der Waals surface area contributed by atoms with Crippen LogP contribution >= 0.6 is 23.2 Å². The van der Waals surface area contributed by atoms with Crippen molar-refractivity contribution in [1.29, 1.82) is 0 Å². The molecule has 0 saturated carbocycles. The van der Waals surface area contributed by atoms with Gasteiger partial charge in [0, 0.05) is 18.1 Å². The molecule has 0 aromatic heterocycles. The first-order valence-electron chi connectivity index (χ1n) is 8.42. The van der Waals surface area contributed by atoms with E-state index in [9.17, 15) is 13.2 Å². The average Bonchev–Trinajstić information content (AvgIpc) is 2.69. The molecule has 0 aliphatic carbocycles. The molecule has 7 nitrogen and oxygen atoms in total. The summed E-state index contributed by atoms with van der Waals surface area (Å²) in [5.41, 5.74) is 0.440. The summed E-state index contributed by atoms with van der Waals surface area (Å²) >= 11 is 12.0. The third-order valence-corrected chi connectivity index (χ3v) is 6.48. The monoisotopic (exact) mass is 444 g/mol. The lowest BCUT2D eigenvalue weighted by Gasteiger charge is -2.26. The Morgan fingerprint density at radius 2 is 1.86 bits per heavy atom. The first-order chi connectivity index (χ1) is 13.4. The van der Waals surface area contributed by atoms with E-state index in [1.54, 1.807) is 24.3 Å². The van der Waals surface area contributed by atoms with Gasteiger partial charge in [-0.2, -0.15) is 4.31 Å². The fraction of sp³-hybridized carbons (Fsp3) is 0.278. The second-order valence-electron chi connectivity index (χ2n) is 5.92. The van der Waals surface area contributed by atoms with Crippen molar-refractivity contribution in [2.75, 3.05) is 38.2 Å². The number of carbonyl (C=O) groups excluding carboxylic acids is 1. The third kappa shape index (κ3) is 4.95. The van der Waals surface area contributed by atoms with E-state index in [0.29, 0.717) is 23.9 Å². The molecule has 1 saturated heterocycles. The highest BCUT2D eigenvalue weighted by atomic mass is 35.5. The van der Waals surface area contributed by atoms with Gasteiger partial charge in [0.05, 0.1) is 23.9 Å². The maximum atomic E-state index is 13.0. The van der Waals surface area contributed by atoms with E-state index in [0.717, 1.165) is 0 Å². The fourth-order valence-electron chi connectivity index (χ4n) is 2.62. The van der Waals surface area contributed by atoms with Gasteiger partial charge >= 0.3 is 0 Å². The van der Waals surface area contributed by atoms with E-state index in [1.807, 2.05) is 0 Å². The van der Waals surface area contributed by atoms with Crippen LogP contribution in [0.2, 0.25) is 10.0 Å². The fourth-order valence-corrected chi connectivity index (χ4v) is 4.61. The molecule has 0 radical (unpaired) electrons. The molecule has 28 heavy (non-hydrogen) atoms. The average molecular weight is 445 g/mol. The molecule has 10 heteroatoms. The molecule has 1 heterocycles. The number of para-hydroxylation sites is 1. The number of nitrogens with one attached hydrogen (secondary N) is 1. The Bertz CT molecular complexity index is 962. The van der Waals surface area contributed by atoms with Gasteiger partial charge in [0.1, 0.15) is 10.6 Å². The summed E-state index contributed by atoms with van der Waals surface area (Å²) in [7, 11) is -3.84. The third-order valence-electron chi connectivity index (χ3n) is 4.00. The number of hydrogen-bond donors (Lipinski definition) is 1. The Morgan fingerprint density at radius 3 is 2.57 bits per heavy atom. The number of rotatable bonds is 6. The van der Waals surface area contributed by atoms with Gasteiger partial charge in [0.2, 0.25) is 10.0 Å². The van der Waals surface area contributed by atoms with Gasteiger partial charge in [0.15, 0.2) is 6.61 Å². The number of sulfonamides is 1. The number of halogens is 2. The van der Waals surface area contributed by atoms with Gasteiger partial charge in [-0.3, -0.25) is 4.79 Å². The molecular weight excluding hydrogens is 427 g/mol. The number of morpholine rings is 1. The highest BCUT2D eigenvalue weighted by molar-refractivity contribution is 7.89. The molecule has 0 atom stereocenters. The van der Waals surface area contributed by atoms with E-state index >= 15 is 0 Å². The number of hydrogen-bond acceptors (Lipinski definition) is 5. The van der Waals surface area contributed by atoms with Crippen LogP contribution < -0.4 is 10.1 Å². The Morgan fingerprint density at radius 1 is 1.14 bits per heavy atom. The van der Waals surface area contributed by atoms with Crippen molar-refractivity contribution in [3.63, 3.8) is 0 Å². The molecule has 150 valence electrons. The van der Waals surface area contributed by atoms with Crippen molar-refractivity contribution in [3.8, 4) is 5.75 Å². The van der Waals surface area contributed by atoms with E-state index in [1.165, 1.54) is 22.5 Å². The van der Waals surface area contributed by atoms with Gasteiger partial charge in [0.25, 0.3) is 5.91 Å². The van der Waals surface area contributed by atoms with Crippen LogP contribution in [-0.4, -0.2) is 51.5 Å². The number of nitrogens with zero attached hydrogens (tertiary/aromatic N) is 1. The van der Waals surface area contributed by atoms with Crippen molar-refractivity contribution in [2.45, 2.75) is 4.90 Å². The molecule has 0 bridgehead atoms. The van der Waals surface area contributed by atoms with Gasteiger partial charge in [-0.25, -0.2) is 8.42 Å². The quantitative estimate of drug-likeness (QED) is 0.739. The zero-order chi connectivity index (χ0) is 20.1. The summed E-state index contributed by atoms with van der Waals surface area (Å²) in [6, 6.07) is 11.0. The Hall–Kier alpha value is -1.84. The maximum Gasteiger partial charge on any atom is 0.262 e. The molecule has 1 amide bonds. The SMILES string of the molecule is O=C(COc1ccc(Cl)cc1S(=O)(=O)N1CCOCC1)Nc1ccccc1Cl. The molecule has 1 fully saturated rings. The van der Waals surface area contributed by atoms with Crippen LogP contribution in [0.4, 0.5) is 5.69 Å². The lowest BCUT2D eigenvalue weighted by molar-refractivity contribution is -0.118. The predicted octanol–water partition coefficient (Wildman–Crippen LogP) is 3.03. The second kappa shape index (κ2) is 9.11. The molecule has 3 rings (SSSR count). The first-order valence-corrected chi connectivity index (χ1v) is 10.6. The highest BCUT2D eigenvalue weighted by Gasteiger charge is 2.29. The molecule has 0 unspecified atom stereocenters. The zero-order valence-electron chi connectivity index (χ0n) is 14.7. The summed E-state index contributed by atoms with van der Waals surface area (Å²) in [6.07, 6.45) is 0. The zero-order valence-corrected chi connectivity index (χ0v) is 17.1. The van der Waals surface area contributed by atoms with Gasteiger partial charge < -0.3 is 14.8 Å². The molecule has 1 aliphatic heterocycles. The van der Waals surface area contributed by atoms with Crippen LogP contribution in [0.15, 0.2) is 47.4 Å². The van der Waals surface area contributed by atoms with Crippen LogP contribution in [0, 0.1) is 0 Å². The number of ether oxygens (including phenoxy) is 2. The second-order valence-corrected chi connectivity index (χ2v) is 8.67. The standard InChI is InChI=1S/C18H18Cl2N2O5S/c19-13-5-6-16(17(11-13)28(24,25)22-7-9-26-10-8-22)27-12-18(23)21-15-4-2-1-3-14(15)20/h1-6,11H,7-10,12H2,(H,21,23). The van der Waals surface area contributed by atoms with E-state index in [-0.39, 0.29) is 28.8 Å². The van der Waals surface area contributed by atoms with Crippen molar-refractivity contribution in [1.82, 2.24) is 4.31 Å². The smallest absolute Gasteiger partial charge is 0.262 e. The summed E-state index contributed by atoms with van der Waals surface area (Å²) in [5.74, 6) is -0.428. The maximum absolute atomic E-state index is 13.0. The number of benzene rings is 2. The summed E-state index contributed by atoms with van der Waals surface area (Å²) in [4.78, 5) is 12.1. The van der Waals surface area contributed by atoms with Crippen molar-refractivity contribution < 1.29 is 22.7 Å². The summed E-state index contributed by atoms with van der Waals surface area (Å²) < 4.78 is 37.9. The van der Waals surface area contributed by atoms with Crippen LogP contribution in [-0.2, 0) is 19.6 Å². The minimum Gasteiger partial charge on any atom is -0.482 e. The topological polar surface area (TPSA) is 84.9 Å². The first kappa shape index (κ1) is 20.9. The Labute approximate surface area is 173 Å². The van der Waals surface area contributed by atoms with Crippen LogP contribution in [0.25, 0.3) is 0 Å². The Kier molecular flexibility index (Phi) is 6.79. The number of amides is 1. The largest absolute Gasteiger partial charge is 0.482 e. The Balaban J connectivity index is 1.75. The lowest BCUT2D eigenvalue weighted by atomic mass is 10.3. The predicted molar refractivity (Wildman–Crippen MR) is 107 cm³/mol. The number of carbonyl (C=O) groups is 1. The highest BCUT2D eigenvalue weighted by Crippen LogP contribution is 2.30. The molecule has 2 aromatic rings. The molecule has 0 spiro atoms. The van der Waals surface area contributed by atoms with Crippen LogP contribution in [0.1, 0.15) is 0 Å².